The Bertz CT molecular complexity index is 795. The smallest absolute Gasteiger partial charge is 0.234 e. The number of amides is 2. The topological polar surface area (TPSA) is 158 Å². The molecule has 0 saturated carbocycles. The van der Waals surface area contributed by atoms with E-state index >= 15 is 0 Å². The Balaban J connectivity index is 1.93. The largest absolute Gasteiger partial charge is 0.379 e. The molecule has 0 spiro atoms. The normalized spacial score (nSPS) is 10.1. The molecule has 146 valence electrons. The van der Waals surface area contributed by atoms with Crippen LogP contribution in [0.2, 0.25) is 0 Å². The average molecular weight is 417 g/mol. The Morgan fingerprint density at radius 3 is 1.32 bits per heavy atom. The first-order valence-corrected chi connectivity index (χ1v) is 10.0. The first kappa shape index (κ1) is 21.3. The molecule has 0 atom stereocenters. The Morgan fingerprint density at radius 1 is 0.714 bits per heavy atom. The molecule has 28 heavy (non-hydrogen) atoms. The Morgan fingerprint density at radius 2 is 1.04 bits per heavy atom. The highest BCUT2D eigenvalue weighted by Gasteiger charge is 2.06. The van der Waals surface area contributed by atoms with Crippen molar-refractivity contribution in [2.75, 3.05) is 22.1 Å². The van der Waals surface area contributed by atoms with Gasteiger partial charge in [0, 0.05) is 11.4 Å². The molecule has 0 aliphatic carbocycles. The van der Waals surface area contributed by atoms with Gasteiger partial charge < -0.3 is 22.1 Å². The fourth-order valence-electron chi connectivity index (χ4n) is 2.17. The zero-order valence-electron chi connectivity index (χ0n) is 14.8. The van der Waals surface area contributed by atoms with E-state index in [0.717, 1.165) is 34.7 Å². The summed E-state index contributed by atoms with van der Waals surface area (Å²) in [6.07, 6.45) is 0. The maximum Gasteiger partial charge on any atom is 0.234 e. The highest BCUT2D eigenvalue weighted by atomic mass is 32.2. The first-order valence-electron chi connectivity index (χ1n) is 8.07. The molecule has 0 aliphatic rings. The van der Waals surface area contributed by atoms with Crippen LogP contribution in [0.3, 0.4) is 0 Å². The lowest BCUT2D eigenvalue weighted by Crippen LogP contribution is -2.17. The third-order valence-corrected chi connectivity index (χ3v) is 4.82. The second kappa shape index (κ2) is 10.4. The second-order valence-electron chi connectivity index (χ2n) is 5.56. The molecule has 0 aromatic heterocycles. The predicted molar refractivity (Wildman–Crippen MR) is 118 cm³/mol. The molecule has 0 unspecified atom stereocenters. The van der Waals surface area contributed by atoms with Crippen molar-refractivity contribution in [1.82, 2.24) is 0 Å². The first-order chi connectivity index (χ1) is 13.3. The summed E-state index contributed by atoms with van der Waals surface area (Å²) < 4.78 is 0. The molecule has 10 heteroatoms. The summed E-state index contributed by atoms with van der Waals surface area (Å²) in [5, 5.41) is 19.5. The minimum atomic E-state index is -0.226. The maximum absolute atomic E-state index is 11.7. The zero-order chi connectivity index (χ0) is 20.5. The van der Waals surface area contributed by atoms with Crippen molar-refractivity contribution in [2.45, 2.75) is 0 Å². The molecule has 0 bridgehead atoms. The fourth-order valence-corrected chi connectivity index (χ4v) is 2.89. The summed E-state index contributed by atoms with van der Waals surface area (Å²) in [6, 6.07) is 14.7. The van der Waals surface area contributed by atoms with E-state index < -0.39 is 0 Å². The van der Waals surface area contributed by atoms with Gasteiger partial charge in [-0.05, 0) is 35.4 Å². The van der Waals surface area contributed by atoms with Crippen molar-refractivity contribution in [1.29, 1.82) is 10.8 Å². The monoisotopic (exact) mass is 416 g/mol. The summed E-state index contributed by atoms with van der Waals surface area (Å²) in [5.74, 6) is -0.267. The SMILES string of the molecule is N=C(N)SCC(=O)Nc1ccc(-c2ccc(NC(=O)CSC(=N)N)cc2)cc1. The fraction of sp³-hybridized carbons (Fsp3) is 0.111. The van der Waals surface area contributed by atoms with Crippen molar-refractivity contribution < 1.29 is 9.59 Å². The van der Waals surface area contributed by atoms with Crippen molar-refractivity contribution in [3.8, 4) is 11.1 Å². The van der Waals surface area contributed by atoms with Gasteiger partial charge in [0.25, 0.3) is 0 Å². The second-order valence-corrected chi connectivity index (χ2v) is 7.59. The molecular formula is C18H20N6O2S2. The summed E-state index contributed by atoms with van der Waals surface area (Å²) in [4.78, 5) is 23.5. The number of carbonyl (C=O) groups is 2. The molecule has 0 radical (unpaired) electrons. The van der Waals surface area contributed by atoms with Gasteiger partial charge in [-0.3, -0.25) is 20.4 Å². The Kier molecular flexibility index (Phi) is 7.90. The lowest BCUT2D eigenvalue weighted by atomic mass is 10.0. The van der Waals surface area contributed by atoms with Crippen LogP contribution < -0.4 is 22.1 Å². The van der Waals surface area contributed by atoms with E-state index in [0.29, 0.717) is 11.4 Å². The van der Waals surface area contributed by atoms with Crippen LogP contribution in [0.15, 0.2) is 48.5 Å². The van der Waals surface area contributed by atoms with Crippen LogP contribution in [0, 0.1) is 10.8 Å². The van der Waals surface area contributed by atoms with Crippen molar-refractivity contribution in [3.05, 3.63) is 48.5 Å². The standard InChI is InChI=1S/C18H20N6O2S2/c19-17(20)27-9-15(25)23-13-5-1-11(2-6-13)12-3-7-14(8-4-12)24-16(26)10-28-18(21)22/h1-8H,9-10H2,(H3,19,20)(H3,21,22)(H,23,25)(H,24,26). The number of carbonyl (C=O) groups excluding carboxylic acids is 2. The van der Waals surface area contributed by atoms with Gasteiger partial charge in [0.1, 0.15) is 0 Å². The summed E-state index contributed by atoms with van der Waals surface area (Å²) >= 11 is 1.94. The third-order valence-electron chi connectivity index (χ3n) is 3.39. The summed E-state index contributed by atoms with van der Waals surface area (Å²) in [7, 11) is 0. The van der Waals surface area contributed by atoms with Crippen molar-refractivity contribution in [3.63, 3.8) is 0 Å². The lowest BCUT2D eigenvalue weighted by Gasteiger charge is -2.08. The van der Waals surface area contributed by atoms with Crippen molar-refractivity contribution in [2.24, 2.45) is 11.5 Å². The van der Waals surface area contributed by atoms with Gasteiger partial charge in [0.05, 0.1) is 11.5 Å². The quantitative estimate of drug-likeness (QED) is 0.300. The summed E-state index contributed by atoms with van der Waals surface area (Å²) in [6.45, 7) is 0. The van der Waals surface area contributed by atoms with Crippen LogP contribution in [0.1, 0.15) is 0 Å². The number of nitrogens with one attached hydrogen (secondary N) is 4. The molecule has 0 heterocycles. The number of benzene rings is 2. The number of hydrogen-bond acceptors (Lipinski definition) is 6. The van der Waals surface area contributed by atoms with Crippen molar-refractivity contribution >= 4 is 57.0 Å². The number of anilines is 2. The molecule has 0 saturated heterocycles. The molecule has 0 fully saturated rings. The van der Waals surface area contributed by atoms with Gasteiger partial charge in [0.2, 0.25) is 11.8 Å². The third kappa shape index (κ3) is 7.33. The summed E-state index contributed by atoms with van der Waals surface area (Å²) in [5.41, 5.74) is 13.7. The Hall–Kier alpha value is -2.98. The van der Waals surface area contributed by atoms with E-state index in [1.807, 2.05) is 24.3 Å². The Labute approximate surface area is 170 Å². The van der Waals surface area contributed by atoms with E-state index in [9.17, 15) is 9.59 Å². The highest BCUT2D eigenvalue weighted by molar-refractivity contribution is 8.14. The zero-order valence-corrected chi connectivity index (χ0v) is 16.5. The van der Waals surface area contributed by atoms with E-state index in [1.54, 1.807) is 24.3 Å². The number of nitrogens with two attached hydrogens (primary N) is 2. The molecule has 8 N–H and O–H groups in total. The highest BCUT2D eigenvalue weighted by Crippen LogP contribution is 2.23. The van der Waals surface area contributed by atoms with Gasteiger partial charge >= 0.3 is 0 Å². The van der Waals surface area contributed by atoms with E-state index in [4.69, 9.17) is 22.3 Å². The maximum atomic E-state index is 11.7. The predicted octanol–water partition coefficient (Wildman–Crippen LogP) is 2.48. The molecule has 2 rings (SSSR count). The van der Waals surface area contributed by atoms with Crippen LogP contribution in [0.5, 0.6) is 0 Å². The van der Waals surface area contributed by atoms with Crippen LogP contribution >= 0.6 is 23.5 Å². The molecule has 0 aliphatic heterocycles. The molecular weight excluding hydrogens is 396 g/mol. The van der Waals surface area contributed by atoms with Gasteiger partial charge in [-0.2, -0.15) is 0 Å². The van der Waals surface area contributed by atoms with Crippen LogP contribution in [-0.2, 0) is 9.59 Å². The number of amidine groups is 2. The van der Waals surface area contributed by atoms with E-state index in [2.05, 4.69) is 10.6 Å². The lowest BCUT2D eigenvalue weighted by molar-refractivity contribution is -0.114. The molecule has 8 nitrogen and oxygen atoms in total. The van der Waals surface area contributed by atoms with Crippen LogP contribution in [-0.4, -0.2) is 33.7 Å². The number of thioether (sulfide) groups is 2. The van der Waals surface area contributed by atoms with E-state index in [-0.39, 0.29) is 33.7 Å². The van der Waals surface area contributed by atoms with Gasteiger partial charge in [-0.15, -0.1) is 0 Å². The van der Waals surface area contributed by atoms with Crippen LogP contribution in [0.25, 0.3) is 11.1 Å². The van der Waals surface area contributed by atoms with Gasteiger partial charge in [-0.25, -0.2) is 0 Å². The van der Waals surface area contributed by atoms with Gasteiger partial charge in [-0.1, -0.05) is 47.8 Å². The number of rotatable bonds is 7. The van der Waals surface area contributed by atoms with Crippen LogP contribution in [0.4, 0.5) is 11.4 Å². The minimum absolute atomic E-state index is 0.0925. The average Bonchev–Trinajstić information content (AvgIpc) is 2.66. The van der Waals surface area contributed by atoms with E-state index in [1.165, 1.54) is 0 Å². The number of hydrogen-bond donors (Lipinski definition) is 6. The van der Waals surface area contributed by atoms with Gasteiger partial charge in [0.15, 0.2) is 10.3 Å². The molecule has 2 aromatic carbocycles. The molecule has 2 amide bonds. The minimum Gasteiger partial charge on any atom is -0.379 e. The molecule has 2 aromatic rings.